The Morgan fingerprint density at radius 3 is 2.48 bits per heavy atom. The molecule has 1 aromatic heterocycles. The number of hydrogen-bond donors (Lipinski definition) is 4. The van der Waals surface area contributed by atoms with Crippen molar-refractivity contribution in [2.24, 2.45) is 5.92 Å². The van der Waals surface area contributed by atoms with Crippen LogP contribution in [-0.4, -0.2) is 49.2 Å². The third-order valence-electron chi connectivity index (χ3n) is 8.59. The first-order valence-electron chi connectivity index (χ1n) is 15.4. The molecule has 242 valence electrons. The SMILES string of the molecule is CC[C@@H](C)[C@H](Nc1ccc2c(cc1=O)[C@@H](NC(C)=O)CCc1cc(OC)c(OC)c(OC)c1-2)C(=O)NCc1nc2ccccc2[nH]1. The molecule has 1 aliphatic carbocycles. The van der Waals surface area contributed by atoms with Gasteiger partial charge in [0, 0.05) is 12.5 Å². The Morgan fingerprint density at radius 2 is 1.80 bits per heavy atom. The van der Waals surface area contributed by atoms with E-state index in [1.807, 2.05) is 50.2 Å². The molecule has 46 heavy (non-hydrogen) atoms. The summed E-state index contributed by atoms with van der Waals surface area (Å²) in [6.45, 7) is 5.64. The van der Waals surface area contributed by atoms with Gasteiger partial charge in [-0.15, -0.1) is 0 Å². The van der Waals surface area contributed by atoms with E-state index in [0.717, 1.165) is 22.2 Å². The monoisotopic (exact) mass is 627 g/mol. The van der Waals surface area contributed by atoms with Gasteiger partial charge in [-0.25, -0.2) is 4.98 Å². The summed E-state index contributed by atoms with van der Waals surface area (Å²) < 4.78 is 17.2. The van der Waals surface area contributed by atoms with Gasteiger partial charge in [-0.05, 0) is 65.8 Å². The van der Waals surface area contributed by atoms with Crippen molar-refractivity contribution in [3.05, 3.63) is 75.7 Å². The van der Waals surface area contributed by atoms with Gasteiger partial charge in [0.25, 0.3) is 0 Å². The molecule has 1 heterocycles. The number of nitrogens with one attached hydrogen (secondary N) is 4. The quantitative estimate of drug-likeness (QED) is 0.184. The molecular formula is C35H41N5O6. The smallest absolute Gasteiger partial charge is 0.243 e. The molecule has 4 aromatic rings. The minimum absolute atomic E-state index is 0.0944. The van der Waals surface area contributed by atoms with E-state index < -0.39 is 12.1 Å². The van der Waals surface area contributed by atoms with E-state index in [4.69, 9.17) is 14.2 Å². The molecule has 4 N–H and O–H groups in total. The summed E-state index contributed by atoms with van der Waals surface area (Å²) in [6, 6.07) is 13.5. The second kappa shape index (κ2) is 13.9. The first kappa shape index (κ1) is 32.3. The fourth-order valence-corrected chi connectivity index (χ4v) is 6.07. The molecule has 0 spiro atoms. The molecule has 5 rings (SSSR count). The van der Waals surface area contributed by atoms with Gasteiger partial charge in [-0.2, -0.15) is 0 Å². The van der Waals surface area contributed by atoms with Crippen LogP contribution < -0.4 is 35.6 Å². The zero-order valence-corrected chi connectivity index (χ0v) is 27.1. The number of carbonyl (C=O) groups excluding carboxylic acids is 2. The Balaban J connectivity index is 1.54. The topological polar surface area (TPSA) is 144 Å². The van der Waals surface area contributed by atoms with Crippen molar-refractivity contribution >= 4 is 28.5 Å². The van der Waals surface area contributed by atoms with Crippen LogP contribution in [0, 0.1) is 5.92 Å². The summed E-state index contributed by atoms with van der Waals surface area (Å²) in [6.07, 6.45) is 1.84. The fourth-order valence-electron chi connectivity index (χ4n) is 6.07. The lowest BCUT2D eigenvalue weighted by Gasteiger charge is -2.23. The summed E-state index contributed by atoms with van der Waals surface area (Å²) in [4.78, 5) is 47.5. The highest BCUT2D eigenvalue weighted by molar-refractivity contribution is 5.86. The number of amides is 2. The summed E-state index contributed by atoms with van der Waals surface area (Å²) in [5.74, 6) is 1.51. The lowest BCUT2D eigenvalue weighted by molar-refractivity contribution is -0.123. The van der Waals surface area contributed by atoms with Crippen LogP contribution >= 0.6 is 0 Å². The number of nitrogens with zero attached hydrogens (tertiary/aromatic N) is 1. The van der Waals surface area contributed by atoms with Crippen molar-refractivity contribution in [1.82, 2.24) is 20.6 Å². The van der Waals surface area contributed by atoms with Crippen LogP contribution in [0.3, 0.4) is 0 Å². The normalized spacial score (nSPS) is 15.0. The molecule has 3 atom stereocenters. The number of rotatable bonds is 11. The number of para-hydroxylation sites is 2. The first-order chi connectivity index (χ1) is 22.2. The van der Waals surface area contributed by atoms with E-state index in [1.165, 1.54) is 6.92 Å². The van der Waals surface area contributed by atoms with E-state index >= 15 is 0 Å². The molecule has 0 bridgehead atoms. The van der Waals surface area contributed by atoms with Crippen molar-refractivity contribution in [1.29, 1.82) is 0 Å². The Kier molecular flexibility index (Phi) is 9.79. The van der Waals surface area contributed by atoms with Crippen molar-refractivity contribution in [2.45, 2.75) is 58.7 Å². The second-order valence-corrected chi connectivity index (χ2v) is 11.5. The molecular weight excluding hydrogens is 586 g/mol. The van der Waals surface area contributed by atoms with Crippen LogP contribution in [0.25, 0.3) is 22.2 Å². The summed E-state index contributed by atoms with van der Waals surface area (Å²) in [7, 11) is 4.67. The number of aromatic amines is 1. The lowest BCUT2D eigenvalue weighted by atomic mass is 9.95. The molecule has 11 heteroatoms. The molecule has 1 aliphatic rings. The van der Waals surface area contributed by atoms with Crippen LogP contribution in [0.2, 0.25) is 0 Å². The summed E-state index contributed by atoms with van der Waals surface area (Å²) in [5, 5.41) is 9.25. The minimum atomic E-state index is -0.693. The number of ether oxygens (including phenoxy) is 3. The summed E-state index contributed by atoms with van der Waals surface area (Å²) in [5.41, 5.74) is 4.71. The maximum Gasteiger partial charge on any atom is 0.243 e. The van der Waals surface area contributed by atoms with Crippen molar-refractivity contribution in [2.75, 3.05) is 26.6 Å². The third kappa shape index (κ3) is 6.49. The number of benzene rings is 2. The van der Waals surface area contributed by atoms with Gasteiger partial charge in [-0.1, -0.05) is 38.5 Å². The number of hydrogen-bond acceptors (Lipinski definition) is 8. The number of H-pyrrole nitrogens is 1. The average Bonchev–Trinajstić information content (AvgIpc) is 3.34. The molecule has 0 unspecified atom stereocenters. The Morgan fingerprint density at radius 1 is 1.04 bits per heavy atom. The zero-order chi connectivity index (χ0) is 33.0. The Bertz CT molecular complexity index is 1790. The van der Waals surface area contributed by atoms with Gasteiger partial charge >= 0.3 is 0 Å². The van der Waals surface area contributed by atoms with E-state index in [2.05, 4.69) is 25.9 Å². The van der Waals surface area contributed by atoms with Crippen LogP contribution in [0.4, 0.5) is 5.69 Å². The Hall–Kier alpha value is -5.06. The lowest BCUT2D eigenvalue weighted by Crippen LogP contribution is -2.44. The number of carbonyl (C=O) groups is 2. The van der Waals surface area contributed by atoms with E-state index in [1.54, 1.807) is 33.5 Å². The average molecular weight is 628 g/mol. The van der Waals surface area contributed by atoms with Gasteiger partial charge in [-0.3, -0.25) is 14.4 Å². The zero-order valence-electron chi connectivity index (χ0n) is 27.1. The minimum Gasteiger partial charge on any atom is -0.493 e. The predicted molar refractivity (Wildman–Crippen MR) is 177 cm³/mol. The van der Waals surface area contributed by atoms with E-state index in [-0.39, 0.29) is 35.4 Å². The number of imidazole rings is 1. The molecule has 0 aliphatic heterocycles. The van der Waals surface area contributed by atoms with Crippen LogP contribution in [0.5, 0.6) is 17.2 Å². The highest BCUT2D eigenvalue weighted by Gasteiger charge is 2.30. The molecule has 0 saturated carbocycles. The third-order valence-corrected chi connectivity index (χ3v) is 8.59. The van der Waals surface area contributed by atoms with Crippen molar-refractivity contribution in [3.8, 4) is 28.4 Å². The molecule has 3 aromatic carbocycles. The molecule has 0 saturated heterocycles. The maximum atomic E-state index is 13.9. The van der Waals surface area contributed by atoms with Crippen LogP contribution in [0.15, 0.2) is 53.3 Å². The fraction of sp³-hybridized carbons (Fsp3) is 0.371. The van der Waals surface area contributed by atoms with Crippen molar-refractivity contribution < 1.29 is 23.8 Å². The number of aryl methyl sites for hydroxylation is 1. The highest BCUT2D eigenvalue weighted by Crippen LogP contribution is 2.50. The molecule has 0 fully saturated rings. The predicted octanol–water partition coefficient (Wildman–Crippen LogP) is 4.88. The number of methoxy groups -OCH3 is 3. The second-order valence-electron chi connectivity index (χ2n) is 11.5. The standard InChI is InChI=1S/C35H41N5O6/c1-7-19(2)32(35(43)36-18-30-38-25-10-8-9-11-26(25)39-30)40-27-15-13-22-23(17-28(27)42)24(37-20(3)41)14-12-21-16-29(44-4)33(45-5)34(46-6)31(21)22/h8-11,13,15-17,19,24,32H,7,12,14,18H2,1-6H3,(H,36,43)(H,37,41)(H,38,39)(H,40,42)/t19-,24+,32+/m1/s1. The van der Waals surface area contributed by atoms with Crippen LogP contribution in [-0.2, 0) is 22.6 Å². The molecule has 11 nitrogen and oxygen atoms in total. The number of fused-ring (bicyclic) bond motifs is 4. The molecule has 0 radical (unpaired) electrons. The van der Waals surface area contributed by atoms with E-state index in [9.17, 15) is 14.4 Å². The van der Waals surface area contributed by atoms with Gasteiger partial charge in [0.2, 0.25) is 23.0 Å². The van der Waals surface area contributed by atoms with Crippen molar-refractivity contribution in [3.63, 3.8) is 0 Å². The van der Waals surface area contributed by atoms with Crippen LogP contribution in [0.1, 0.15) is 56.6 Å². The molecule has 2 amide bonds. The largest absolute Gasteiger partial charge is 0.493 e. The van der Waals surface area contributed by atoms with Gasteiger partial charge < -0.3 is 35.1 Å². The van der Waals surface area contributed by atoms with Gasteiger partial charge in [0.15, 0.2) is 11.5 Å². The number of aromatic nitrogens is 2. The Labute approximate surface area is 268 Å². The summed E-state index contributed by atoms with van der Waals surface area (Å²) >= 11 is 0. The maximum absolute atomic E-state index is 13.9. The highest BCUT2D eigenvalue weighted by atomic mass is 16.5. The number of anilines is 1. The van der Waals surface area contributed by atoms with Gasteiger partial charge in [0.05, 0.1) is 50.6 Å². The van der Waals surface area contributed by atoms with Gasteiger partial charge in [0.1, 0.15) is 11.9 Å². The first-order valence-corrected chi connectivity index (χ1v) is 15.4. The van der Waals surface area contributed by atoms with E-state index in [0.29, 0.717) is 53.5 Å².